The first-order valence-corrected chi connectivity index (χ1v) is 6.18. The van der Waals surface area contributed by atoms with Gasteiger partial charge in [0.15, 0.2) is 11.5 Å². The van der Waals surface area contributed by atoms with E-state index < -0.39 is 0 Å². The molecular formula is C15H15N3O2. The third-order valence-corrected chi connectivity index (χ3v) is 3.20. The lowest BCUT2D eigenvalue weighted by Crippen LogP contribution is -1.94. The minimum absolute atomic E-state index is 0.678. The Morgan fingerprint density at radius 1 is 1.05 bits per heavy atom. The fraction of sp³-hybridized carbons (Fsp3) is 0.133. The van der Waals surface area contributed by atoms with E-state index in [1.165, 1.54) is 0 Å². The highest BCUT2D eigenvalue weighted by atomic mass is 16.5. The number of pyridine rings is 1. The number of hydrogen-bond acceptors (Lipinski definition) is 4. The van der Waals surface area contributed by atoms with Gasteiger partial charge >= 0.3 is 0 Å². The molecule has 0 bridgehead atoms. The highest BCUT2D eigenvalue weighted by molar-refractivity contribution is 5.67. The number of nitrogens with two attached hydrogens (primary N) is 1. The molecule has 2 aromatic heterocycles. The Hall–Kier alpha value is -2.69. The standard InChI is InChI=1S/C15H15N3O2/c1-19-13-4-3-10(7-14(13)20-2)15-17-9-12-8-11(16)5-6-18(12)15/h3-9H,16H2,1-2H3. The Bertz CT molecular complexity index is 765. The van der Waals surface area contributed by atoms with Crippen molar-refractivity contribution in [2.75, 3.05) is 20.0 Å². The Kier molecular flexibility index (Phi) is 2.95. The molecule has 0 unspecified atom stereocenters. The molecule has 0 aliphatic rings. The van der Waals surface area contributed by atoms with Crippen LogP contribution in [0.5, 0.6) is 11.5 Å². The Labute approximate surface area is 116 Å². The number of benzene rings is 1. The van der Waals surface area contributed by atoms with Crippen molar-refractivity contribution >= 4 is 11.2 Å². The predicted octanol–water partition coefficient (Wildman–Crippen LogP) is 2.60. The van der Waals surface area contributed by atoms with Gasteiger partial charge in [0.2, 0.25) is 0 Å². The summed E-state index contributed by atoms with van der Waals surface area (Å²) in [4.78, 5) is 4.45. The minimum Gasteiger partial charge on any atom is -0.493 e. The molecule has 0 aliphatic heterocycles. The van der Waals surface area contributed by atoms with E-state index in [1.807, 2.05) is 40.9 Å². The third kappa shape index (κ3) is 1.93. The summed E-state index contributed by atoms with van der Waals surface area (Å²) in [5.41, 5.74) is 8.40. The molecule has 102 valence electrons. The number of aromatic nitrogens is 2. The predicted molar refractivity (Wildman–Crippen MR) is 78.1 cm³/mol. The molecule has 20 heavy (non-hydrogen) atoms. The van der Waals surface area contributed by atoms with E-state index in [1.54, 1.807) is 20.4 Å². The van der Waals surface area contributed by atoms with Crippen LogP contribution in [-0.2, 0) is 0 Å². The molecule has 5 heteroatoms. The maximum atomic E-state index is 5.78. The van der Waals surface area contributed by atoms with Crippen LogP contribution in [0.3, 0.4) is 0 Å². The van der Waals surface area contributed by atoms with Crippen molar-refractivity contribution in [3.8, 4) is 22.9 Å². The van der Waals surface area contributed by atoms with E-state index in [4.69, 9.17) is 15.2 Å². The Balaban J connectivity index is 2.15. The second kappa shape index (κ2) is 4.77. The first-order valence-electron chi connectivity index (χ1n) is 6.18. The van der Waals surface area contributed by atoms with E-state index in [-0.39, 0.29) is 0 Å². The summed E-state index contributed by atoms with van der Waals surface area (Å²) in [6.07, 6.45) is 3.70. The normalized spacial score (nSPS) is 10.7. The lowest BCUT2D eigenvalue weighted by atomic mass is 10.2. The minimum atomic E-state index is 0.678. The number of ether oxygens (including phenoxy) is 2. The third-order valence-electron chi connectivity index (χ3n) is 3.20. The fourth-order valence-electron chi connectivity index (χ4n) is 2.21. The fourth-order valence-corrected chi connectivity index (χ4v) is 2.21. The monoisotopic (exact) mass is 269 g/mol. The van der Waals surface area contributed by atoms with Crippen LogP contribution in [-0.4, -0.2) is 23.6 Å². The smallest absolute Gasteiger partial charge is 0.161 e. The molecule has 5 nitrogen and oxygen atoms in total. The lowest BCUT2D eigenvalue weighted by Gasteiger charge is -2.09. The number of anilines is 1. The van der Waals surface area contributed by atoms with Crippen molar-refractivity contribution < 1.29 is 9.47 Å². The first-order chi connectivity index (χ1) is 9.72. The molecule has 0 atom stereocenters. The number of hydrogen-bond donors (Lipinski definition) is 1. The van der Waals surface area contributed by atoms with Gasteiger partial charge in [-0.15, -0.1) is 0 Å². The number of methoxy groups -OCH3 is 2. The van der Waals surface area contributed by atoms with Crippen LogP contribution in [0.15, 0.2) is 42.7 Å². The van der Waals surface area contributed by atoms with E-state index in [0.717, 1.165) is 22.6 Å². The first kappa shape index (κ1) is 12.3. The molecule has 0 amide bonds. The number of imidazole rings is 1. The van der Waals surface area contributed by atoms with E-state index >= 15 is 0 Å². The van der Waals surface area contributed by atoms with Gasteiger partial charge in [-0.25, -0.2) is 4.98 Å². The van der Waals surface area contributed by atoms with Crippen molar-refractivity contribution in [1.29, 1.82) is 0 Å². The van der Waals surface area contributed by atoms with Crippen LogP contribution in [0.2, 0.25) is 0 Å². The molecule has 0 aliphatic carbocycles. The van der Waals surface area contributed by atoms with Gasteiger partial charge in [-0.1, -0.05) is 0 Å². The van der Waals surface area contributed by atoms with E-state index in [2.05, 4.69) is 4.98 Å². The molecule has 1 aromatic carbocycles. The van der Waals surface area contributed by atoms with Crippen molar-refractivity contribution in [3.63, 3.8) is 0 Å². The summed E-state index contributed by atoms with van der Waals surface area (Å²) in [5.74, 6) is 2.21. The number of nitrogens with zero attached hydrogens (tertiary/aromatic N) is 2. The number of nitrogen functional groups attached to an aromatic ring is 1. The molecule has 0 radical (unpaired) electrons. The number of fused-ring (bicyclic) bond motifs is 1. The van der Waals surface area contributed by atoms with Crippen molar-refractivity contribution in [2.45, 2.75) is 0 Å². The second-order valence-corrected chi connectivity index (χ2v) is 4.41. The molecule has 2 heterocycles. The van der Waals surface area contributed by atoms with Gasteiger partial charge in [0, 0.05) is 17.4 Å². The van der Waals surface area contributed by atoms with Crippen LogP contribution in [0.1, 0.15) is 0 Å². The SMILES string of the molecule is COc1ccc(-c2ncc3cc(N)ccn23)cc1OC. The van der Waals surface area contributed by atoms with Crippen LogP contribution < -0.4 is 15.2 Å². The Morgan fingerprint density at radius 2 is 1.85 bits per heavy atom. The van der Waals surface area contributed by atoms with Gasteiger partial charge in [-0.3, -0.25) is 4.40 Å². The summed E-state index contributed by atoms with van der Waals surface area (Å²) < 4.78 is 12.6. The van der Waals surface area contributed by atoms with Crippen LogP contribution >= 0.6 is 0 Å². The zero-order valence-corrected chi connectivity index (χ0v) is 11.3. The van der Waals surface area contributed by atoms with Crippen molar-refractivity contribution in [2.24, 2.45) is 0 Å². The second-order valence-electron chi connectivity index (χ2n) is 4.41. The van der Waals surface area contributed by atoms with Gasteiger partial charge in [0.05, 0.1) is 25.9 Å². The maximum Gasteiger partial charge on any atom is 0.161 e. The summed E-state index contributed by atoms with van der Waals surface area (Å²) in [6, 6.07) is 9.46. The highest BCUT2D eigenvalue weighted by Crippen LogP contribution is 2.32. The van der Waals surface area contributed by atoms with E-state index in [9.17, 15) is 0 Å². The topological polar surface area (TPSA) is 61.8 Å². The molecule has 0 fully saturated rings. The van der Waals surface area contributed by atoms with E-state index in [0.29, 0.717) is 11.5 Å². The van der Waals surface area contributed by atoms with Crippen LogP contribution in [0.4, 0.5) is 5.69 Å². The average Bonchev–Trinajstić information content (AvgIpc) is 2.89. The molecule has 0 saturated carbocycles. The largest absolute Gasteiger partial charge is 0.493 e. The van der Waals surface area contributed by atoms with Crippen molar-refractivity contribution in [1.82, 2.24) is 9.38 Å². The van der Waals surface area contributed by atoms with Crippen molar-refractivity contribution in [3.05, 3.63) is 42.7 Å². The van der Waals surface area contributed by atoms with Crippen LogP contribution in [0.25, 0.3) is 16.9 Å². The summed E-state index contributed by atoms with van der Waals surface area (Å²) in [5, 5.41) is 0. The summed E-state index contributed by atoms with van der Waals surface area (Å²) in [7, 11) is 3.23. The zero-order chi connectivity index (χ0) is 14.1. The molecule has 3 aromatic rings. The Morgan fingerprint density at radius 3 is 2.60 bits per heavy atom. The average molecular weight is 269 g/mol. The van der Waals surface area contributed by atoms with Crippen LogP contribution in [0, 0.1) is 0 Å². The zero-order valence-electron chi connectivity index (χ0n) is 11.3. The van der Waals surface area contributed by atoms with Gasteiger partial charge in [-0.2, -0.15) is 0 Å². The molecular weight excluding hydrogens is 254 g/mol. The summed E-state index contributed by atoms with van der Waals surface area (Å²) in [6.45, 7) is 0. The lowest BCUT2D eigenvalue weighted by molar-refractivity contribution is 0.355. The van der Waals surface area contributed by atoms with Gasteiger partial charge in [-0.05, 0) is 30.3 Å². The molecule has 3 rings (SSSR count). The molecule has 0 saturated heterocycles. The molecule has 2 N–H and O–H groups in total. The maximum absolute atomic E-state index is 5.78. The summed E-state index contributed by atoms with van der Waals surface area (Å²) >= 11 is 0. The molecule has 0 spiro atoms. The quantitative estimate of drug-likeness (QED) is 0.794. The number of rotatable bonds is 3. The highest BCUT2D eigenvalue weighted by Gasteiger charge is 2.10. The van der Waals surface area contributed by atoms with Gasteiger partial charge < -0.3 is 15.2 Å². The van der Waals surface area contributed by atoms with Gasteiger partial charge in [0.1, 0.15) is 5.82 Å². The van der Waals surface area contributed by atoms with Gasteiger partial charge in [0.25, 0.3) is 0 Å².